The maximum Gasteiger partial charge on any atom is 0.267 e. The lowest BCUT2D eigenvalue weighted by atomic mass is 10.4. The van der Waals surface area contributed by atoms with Crippen molar-refractivity contribution in [1.82, 2.24) is 9.97 Å². The highest BCUT2D eigenvalue weighted by Crippen LogP contribution is 2.14. The molecule has 2 rings (SSSR count). The van der Waals surface area contributed by atoms with E-state index in [1.807, 2.05) is 0 Å². The van der Waals surface area contributed by atoms with Gasteiger partial charge in [0, 0.05) is 0 Å². The van der Waals surface area contributed by atoms with E-state index in [2.05, 4.69) is 15.3 Å². The SMILES string of the molecule is O=C(Nc1ccc(F)nc1F)c1cncs1. The minimum Gasteiger partial charge on any atom is -0.317 e. The van der Waals surface area contributed by atoms with Gasteiger partial charge in [0.05, 0.1) is 17.4 Å². The first kappa shape index (κ1) is 10.6. The summed E-state index contributed by atoms with van der Waals surface area (Å²) in [5.74, 6) is -2.50. The van der Waals surface area contributed by atoms with Gasteiger partial charge in [-0.3, -0.25) is 9.78 Å². The first-order valence-electron chi connectivity index (χ1n) is 4.18. The van der Waals surface area contributed by atoms with Crippen LogP contribution >= 0.6 is 11.3 Å². The Morgan fingerprint density at radius 2 is 2.19 bits per heavy atom. The highest BCUT2D eigenvalue weighted by molar-refractivity contribution is 7.11. The van der Waals surface area contributed by atoms with Gasteiger partial charge in [-0.1, -0.05) is 0 Å². The van der Waals surface area contributed by atoms with E-state index in [-0.39, 0.29) is 5.69 Å². The normalized spacial score (nSPS) is 10.1. The summed E-state index contributed by atoms with van der Waals surface area (Å²) in [4.78, 5) is 18.5. The number of amides is 1. The number of aromatic nitrogens is 2. The summed E-state index contributed by atoms with van der Waals surface area (Å²) in [7, 11) is 0. The number of nitrogens with zero attached hydrogens (tertiary/aromatic N) is 2. The topological polar surface area (TPSA) is 54.9 Å². The summed E-state index contributed by atoms with van der Waals surface area (Å²) in [6, 6.07) is 2.07. The molecule has 0 bridgehead atoms. The Hall–Kier alpha value is -1.89. The van der Waals surface area contributed by atoms with Crippen molar-refractivity contribution in [3.63, 3.8) is 0 Å². The van der Waals surface area contributed by atoms with E-state index in [1.54, 1.807) is 0 Å². The van der Waals surface area contributed by atoms with Gasteiger partial charge >= 0.3 is 0 Å². The molecule has 0 saturated carbocycles. The maximum absolute atomic E-state index is 13.1. The summed E-state index contributed by atoms with van der Waals surface area (Å²) >= 11 is 1.12. The summed E-state index contributed by atoms with van der Waals surface area (Å²) in [5, 5.41) is 2.27. The predicted molar refractivity (Wildman–Crippen MR) is 54.2 cm³/mol. The Balaban J connectivity index is 2.18. The zero-order chi connectivity index (χ0) is 11.5. The average Bonchev–Trinajstić information content (AvgIpc) is 2.75. The summed E-state index contributed by atoms with van der Waals surface area (Å²) in [6.07, 6.45) is 1.36. The number of carbonyl (C=O) groups excluding carboxylic acids is 1. The van der Waals surface area contributed by atoms with Crippen LogP contribution in [0.5, 0.6) is 0 Å². The molecule has 4 nitrogen and oxygen atoms in total. The molecule has 2 aromatic rings. The van der Waals surface area contributed by atoms with Crippen LogP contribution < -0.4 is 5.32 Å². The Kier molecular flexibility index (Phi) is 2.86. The van der Waals surface area contributed by atoms with Gasteiger partial charge in [0.2, 0.25) is 11.9 Å². The number of carbonyl (C=O) groups is 1. The van der Waals surface area contributed by atoms with Crippen molar-refractivity contribution in [3.05, 3.63) is 40.6 Å². The van der Waals surface area contributed by atoms with Crippen LogP contribution in [0.25, 0.3) is 0 Å². The molecule has 0 unspecified atom stereocenters. The molecule has 0 aliphatic carbocycles. The number of nitrogens with one attached hydrogen (secondary N) is 1. The molecule has 0 fully saturated rings. The monoisotopic (exact) mass is 241 g/mol. The molecule has 0 atom stereocenters. The molecule has 0 aliphatic heterocycles. The number of rotatable bonds is 2. The lowest BCUT2D eigenvalue weighted by molar-refractivity contribution is 0.102. The highest BCUT2D eigenvalue weighted by Gasteiger charge is 2.11. The lowest BCUT2D eigenvalue weighted by Gasteiger charge is -2.03. The van der Waals surface area contributed by atoms with Crippen molar-refractivity contribution in [3.8, 4) is 0 Å². The van der Waals surface area contributed by atoms with Crippen molar-refractivity contribution in [2.24, 2.45) is 0 Å². The molecule has 0 aromatic carbocycles. The highest BCUT2D eigenvalue weighted by atomic mass is 32.1. The Morgan fingerprint density at radius 3 is 2.81 bits per heavy atom. The van der Waals surface area contributed by atoms with Crippen LogP contribution in [-0.2, 0) is 0 Å². The minimum atomic E-state index is -1.06. The molecule has 2 aromatic heterocycles. The van der Waals surface area contributed by atoms with Gasteiger partial charge in [-0.05, 0) is 12.1 Å². The second-order valence-electron chi connectivity index (χ2n) is 2.79. The van der Waals surface area contributed by atoms with Gasteiger partial charge in [-0.25, -0.2) is 0 Å². The zero-order valence-electron chi connectivity index (χ0n) is 7.78. The smallest absolute Gasteiger partial charge is 0.267 e. The molecule has 16 heavy (non-hydrogen) atoms. The third-order valence-electron chi connectivity index (χ3n) is 1.72. The van der Waals surface area contributed by atoms with E-state index in [9.17, 15) is 13.6 Å². The fourth-order valence-electron chi connectivity index (χ4n) is 1.02. The fourth-order valence-corrected chi connectivity index (χ4v) is 1.53. The molecule has 0 aliphatic rings. The van der Waals surface area contributed by atoms with Gasteiger partial charge in [-0.2, -0.15) is 13.8 Å². The average molecular weight is 241 g/mol. The zero-order valence-corrected chi connectivity index (χ0v) is 8.59. The van der Waals surface area contributed by atoms with Crippen LogP contribution in [-0.4, -0.2) is 15.9 Å². The molecule has 0 saturated heterocycles. The minimum absolute atomic E-state index is 0.167. The molecule has 2 heterocycles. The van der Waals surface area contributed by atoms with Crippen LogP contribution in [0.15, 0.2) is 23.8 Å². The van der Waals surface area contributed by atoms with Crippen molar-refractivity contribution >= 4 is 22.9 Å². The predicted octanol–water partition coefficient (Wildman–Crippen LogP) is 2.07. The van der Waals surface area contributed by atoms with E-state index >= 15 is 0 Å². The van der Waals surface area contributed by atoms with E-state index in [1.165, 1.54) is 11.7 Å². The van der Waals surface area contributed by atoms with E-state index < -0.39 is 17.8 Å². The molecule has 0 radical (unpaired) electrons. The summed E-state index contributed by atoms with van der Waals surface area (Å²) in [6.45, 7) is 0. The maximum atomic E-state index is 13.1. The first-order chi connectivity index (χ1) is 7.66. The van der Waals surface area contributed by atoms with Crippen LogP contribution in [0.3, 0.4) is 0 Å². The van der Waals surface area contributed by atoms with Crippen molar-refractivity contribution in [2.75, 3.05) is 5.32 Å². The molecule has 82 valence electrons. The van der Waals surface area contributed by atoms with E-state index in [0.717, 1.165) is 23.5 Å². The van der Waals surface area contributed by atoms with Gasteiger partial charge in [0.25, 0.3) is 5.91 Å². The molecular formula is C9H5F2N3OS. The van der Waals surface area contributed by atoms with Gasteiger partial charge < -0.3 is 5.32 Å². The number of hydrogen-bond acceptors (Lipinski definition) is 4. The van der Waals surface area contributed by atoms with Crippen molar-refractivity contribution < 1.29 is 13.6 Å². The van der Waals surface area contributed by atoms with Gasteiger partial charge in [0.15, 0.2) is 0 Å². The molecular weight excluding hydrogens is 236 g/mol. The standard InChI is InChI=1S/C9H5F2N3OS/c10-7-2-1-5(8(11)14-7)13-9(15)6-3-12-4-16-6/h1-4H,(H,13,15). The van der Waals surface area contributed by atoms with Gasteiger partial charge in [-0.15, -0.1) is 11.3 Å². The van der Waals surface area contributed by atoms with E-state index in [4.69, 9.17) is 0 Å². The number of thiazole rings is 1. The Morgan fingerprint density at radius 1 is 1.38 bits per heavy atom. The molecule has 0 spiro atoms. The summed E-state index contributed by atoms with van der Waals surface area (Å²) < 4.78 is 25.6. The van der Waals surface area contributed by atoms with Crippen molar-refractivity contribution in [2.45, 2.75) is 0 Å². The number of pyridine rings is 1. The second-order valence-corrected chi connectivity index (χ2v) is 3.68. The van der Waals surface area contributed by atoms with Crippen LogP contribution in [0.1, 0.15) is 9.67 Å². The third kappa shape index (κ3) is 2.19. The quantitative estimate of drug-likeness (QED) is 0.819. The van der Waals surface area contributed by atoms with E-state index in [0.29, 0.717) is 4.88 Å². The number of hydrogen-bond donors (Lipinski definition) is 1. The third-order valence-corrected chi connectivity index (χ3v) is 2.49. The van der Waals surface area contributed by atoms with Crippen LogP contribution in [0.4, 0.5) is 14.5 Å². The van der Waals surface area contributed by atoms with Crippen molar-refractivity contribution in [1.29, 1.82) is 0 Å². The first-order valence-corrected chi connectivity index (χ1v) is 5.06. The van der Waals surface area contributed by atoms with Crippen LogP contribution in [0, 0.1) is 11.9 Å². The molecule has 1 N–H and O–H groups in total. The number of anilines is 1. The largest absolute Gasteiger partial charge is 0.317 e. The lowest BCUT2D eigenvalue weighted by Crippen LogP contribution is -2.12. The Labute approximate surface area is 93.0 Å². The second kappa shape index (κ2) is 4.31. The summed E-state index contributed by atoms with van der Waals surface area (Å²) in [5.41, 5.74) is 1.31. The van der Waals surface area contributed by atoms with Crippen LogP contribution in [0.2, 0.25) is 0 Å². The van der Waals surface area contributed by atoms with Gasteiger partial charge in [0.1, 0.15) is 4.88 Å². The molecule has 7 heteroatoms. The Bertz CT molecular complexity index is 515. The fraction of sp³-hybridized carbons (Fsp3) is 0. The molecule has 1 amide bonds. The number of halogens is 2.